The average Bonchev–Trinajstić information content (AvgIpc) is 2.73. The Hall–Kier alpha value is -1.21. The van der Waals surface area contributed by atoms with Crippen LogP contribution in [-0.2, 0) is 11.2 Å². The zero-order valence-corrected chi connectivity index (χ0v) is 11.3. The number of unbranched alkanes of at least 4 members (excludes halogenated alkanes) is 1. The van der Waals surface area contributed by atoms with Gasteiger partial charge in [-0.3, -0.25) is 0 Å². The van der Waals surface area contributed by atoms with Gasteiger partial charge in [-0.05, 0) is 17.6 Å². The largest absolute Gasteiger partial charge is 0.611 e. The molecular weight excluding hydrogens is 256 g/mol. The van der Waals surface area contributed by atoms with E-state index in [1.807, 2.05) is 19.1 Å². The van der Waals surface area contributed by atoms with E-state index in [0.29, 0.717) is 14.8 Å². The molecule has 0 aliphatic carbocycles. The Labute approximate surface area is 108 Å². The van der Waals surface area contributed by atoms with Crippen LogP contribution in [0.3, 0.4) is 0 Å². The molecule has 6 heteroatoms. The van der Waals surface area contributed by atoms with Crippen LogP contribution in [0.25, 0.3) is 0 Å². The summed E-state index contributed by atoms with van der Waals surface area (Å²) in [6, 6.07) is 3.93. The van der Waals surface area contributed by atoms with Gasteiger partial charge >= 0.3 is 0 Å². The minimum atomic E-state index is -1.22. The van der Waals surface area contributed by atoms with Gasteiger partial charge in [0.15, 0.2) is 16.2 Å². The molecule has 1 aromatic rings. The molecule has 17 heavy (non-hydrogen) atoms. The summed E-state index contributed by atoms with van der Waals surface area (Å²) in [5.41, 5.74) is 0.239. The minimum Gasteiger partial charge on any atom is -0.611 e. The molecule has 4 nitrogen and oxygen atoms in total. The second-order valence-electron chi connectivity index (χ2n) is 3.25. The normalized spacial score (nSPS) is 11.6. The molecular formula is C11H12N2O2S2. The fourth-order valence-corrected chi connectivity index (χ4v) is 4.01. The fourth-order valence-electron chi connectivity index (χ4n) is 1.29. The lowest BCUT2D eigenvalue weighted by Crippen LogP contribution is -2.06. The summed E-state index contributed by atoms with van der Waals surface area (Å²) in [7, 11) is 1.41. The third-order valence-corrected chi connectivity index (χ3v) is 5.09. The Morgan fingerprint density at radius 3 is 2.59 bits per heavy atom. The molecule has 0 aliphatic rings. The van der Waals surface area contributed by atoms with Crippen LogP contribution >= 0.6 is 11.3 Å². The molecule has 1 heterocycles. The van der Waals surface area contributed by atoms with Crippen LogP contribution in [0, 0.1) is 22.7 Å². The van der Waals surface area contributed by atoms with Crippen molar-refractivity contribution >= 4 is 22.5 Å². The van der Waals surface area contributed by atoms with Crippen LogP contribution in [0.4, 0.5) is 0 Å². The van der Waals surface area contributed by atoms with Crippen LogP contribution in [0.5, 0.6) is 5.75 Å². The molecule has 0 fully saturated rings. The van der Waals surface area contributed by atoms with E-state index in [4.69, 9.17) is 15.3 Å². The second-order valence-corrected chi connectivity index (χ2v) is 6.04. The Bertz CT molecular complexity index is 471. The first-order chi connectivity index (χ1) is 8.19. The summed E-state index contributed by atoms with van der Waals surface area (Å²) < 4.78 is 17.5. The highest BCUT2D eigenvalue weighted by Crippen LogP contribution is 2.37. The first-order valence-electron chi connectivity index (χ1n) is 5.08. The van der Waals surface area contributed by atoms with Crippen molar-refractivity contribution in [1.82, 2.24) is 0 Å². The molecule has 0 amide bonds. The minimum absolute atomic E-state index is 0.239. The summed E-state index contributed by atoms with van der Waals surface area (Å²) in [6.07, 6.45) is 1.78. The zero-order chi connectivity index (χ0) is 12.8. The fraction of sp³-hybridized carbons (Fsp3) is 0.455. The van der Waals surface area contributed by atoms with Crippen LogP contribution < -0.4 is 4.74 Å². The lowest BCUT2D eigenvalue weighted by Gasteiger charge is -2.07. The number of nitrogens with zero attached hydrogens (tertiary/aromatic N) is 2. The number of hydrogen-bond donors (Lipinski definition) is 0. The Balaban J connectivity index is 3.12. The zero-order valence-electron chi connectivity index (χ0n) is 9.65. The van der Waals surface area contributed by atoms with Crippen molar-refractivity contribution in [3.63, 3.8) is 0 Å². The van der Waals surface area contributed by atoms with Gasteiger partial charge in [0, 0.05) is 0 Å². The second kappa shape index (κ2) is 6.51. The molecule has 90 valence electrons. The van der Waals surface area contributed by atoms with Crippen molar-refractivity contribution in [3.05, 3.63) is 10.4 Å². The standard InChI is InChI=1S/C11H12N2O2S2/c1-3-4-5-17(14)11-8(6-12)10(15-2)9(7-13)16-11/h3-5H2,1-2H3. The van der Waals surface area contributed by atoms with Crippen molar-refractivity contribution < 1.29 is 9.29 Å². The quantitative estimate of drug-likeness (QED) is 0.768. The van der Waals surface area contributed by atoms with E-state index < -0.39 is 11.2 Å². The van der Waals surface area contributed by atoms with E-state index >= 15 is 0 Å². The maximum Gasteiger partial charge on any atom is 0.229 e. The molecule has 0 bridgehead atoms. The van der Waals surface area contributed by atoms with Gasteiger partial charge in [-0.15, -0.1) is 0 Å². The summed E-state index contributed by atoms with van der Waals surface area (Å²) >= 11 is -0.137. The molecule has 1 unspecified atom stereocenters. The summed E-state index contributed by atoms with van der Waals surface area (Å²) in [6.45, 7) is 2.01. The summed E-state index contributed by atoms with van der Waals surface area (Å²) in [5, 5.41) is 18.0. The van der Waals surface area contributed by atoms with Crippen LogP contribution in [0.1, 0.15) is 30.2 Å². The maximum absolute atomic E-state index is 12.0. The lowest BCUT2D eigenvalue weighted by atomic mass is 10.3. The smallest absolute Gasteiger partial charge is 0.229 e. The third kappa shape index (κ3) is 2.92. The van der Waals surface area contributed by atoms with Crippen LogP contribution in [0.15, 0.2) is 4.21 Å². The lowest BCUT2D eigenvalue weighted by molar-refractivity contribution is 0.413. The Kier molecular flexibility index (Phi) is 5.30. The van der Waals surface area contributed by atoms with E-state index in [2.05, 4.69) is 0 Å². The topological polar surface area (TPSA) is 79.9 Å². The van der Waals surface area contributed by atoms with Gasteiger partial charge in [-0.2, -0.15) is 10.5 Å². The van der Waals surface area contributed by atoms with Crippen molar-refractivity contribution in [2.24, 2.45) is 0 Å². The van der Waals surface area contributed by atoms with Gasteiger partial charge in [0.25, 0.3) is 0 Å². The van der Waals surface area contributed by atoms with Crippen molar-refractivity contribution in [2.75, 3.05) is 12.9 Å². The van der Waals surface area contributed by atoms with Crippen molar-refractivity contribution in [1.29, 1.82) is 10.5 Å². The number of methoxy groups -OCH3 is 1. The molecule has 0 N–H and O–H groups in total. The predicted octanol–water partition coefficient (Wildman–Crippen LogP) is 2.41. The van der Waals surface area contributed by atoms with E-state index in [1.54, 1.807) is 0 Å². The molecule has 1 aromatic heterocycles. The van der Waals surface area contributed by atoms with Crippen LogP contribution in [-0.4, -0.2) is 17.4 Å². The molecule has 0 aliphatic heterocycles. The van der Waals surface area contributed by atoms with E-state index in [9.17, 15) is 4.55 Å². The molecule has 1 rings (SSSR count). The third-order valence-electron chi connectivity index (χ3n) is 2.14. The highest BCUT2D eigenvalue weighted by atomic mass is 32.2. The number of nitriles is 2. The maximum atomic E-state index is 12.0. The SMILES string of the molecule is CCCC[S+]([O-])c1sc(C#N)c(OC)c1C#N. The highest BCUT2D eigenvalue weighted by molar-refractivity contribution is 7.93. The highest BCUT2D eigenvalue weighted by Gasteiger charge is 2.27. The monoisotopic (exact) mass is 268 g/mol. The number of rotatable bonds is 5. The van der Waals surface area contributed by atoms with Crippen molar-refractivity contribution in [2.45, 2.75) is 24.0 Å². The van der Waals surface area contributed by atoms with E-state index in [0.717, 1.165) is 24.2 Å². The van der Waals surface area contributed by atoms with Gasteiger partial charge in [-0.1, -0.05) is 24.7 Å². The predicted molar refractivity (Wildman–Crippen MR) is 66.5 cm³/mol. The van der Waals surface area contributed by atoms with Gasteiger partial charge in [0.1, 0.15) is 17.9 Å². The molecule has 0 aromatic carbocycles. The molecule has 0 saturated carbocycles. The number of thiophene rings is 1. The van der Waals surface area contributed by atoms with Gasteiger partial charge < -0.3 is 9.29 Å². The number of ether oxygens (including phenoxy) is 1. The molecule has 1 atom stereocenters. The molecule has 0 saturated heterocycles. The van der Waals surface area contributed by atoms with Gasteiger partial charge in [0.2, 0.25) is 4.21 Å². The summed E-state index contributed by atoms with van der Waals surface area (Å²) in [4.78, 5) is 0.309. The van der Waals surface area contributed by atoms with E-state index in [-0.39, 0.29) is 11.3 Å². The Morgan fingerprint density at radius 2 is 2.12 bits per heavy atom. The molecule has 0 radical (unpaired) electrons. The van der Waals surface area contributed by atoms with E-state index in [1.165, 1.54) is 7.11 Å². The summed E-state index contributed by atoms with van der Waals surface area (Å²) in [5.74, 6) is 0.763. The van der Waals surface area contributed by atoms with Gasteiger partial charge in [-0.25, -0.2) is 0 Å². The first kappa shape index (κ1) is 13.9. The average molecular weight is 268 g/mol. The Morgan fingerprint density at radius 1 is 1.41 bits per heavy atom. The number of hydrogen-bond acceptors (Lipinski definition) is 5. The first-order valence-corrected chi connectivity index (χ1v) is 7.22. The molecule has 0 spiro atoms. The van der Waals surface area contributed by atoms with Gasteiger partial charge in [0.05, 0.1) is 7.11 Å². The van der Waals surface area contributed by atoms with Crippen LogP contribution in [0.2, 0.25) is 0 Å². The van der Waals surface area contributed by atoms with Crippen molar-refractivity contribution in [3.8, 4) is 17.9 Å².